The fourth-order valence-corrected chi connectivity index (χ4v) is 3.66. The summed E-state index contributed by atoms with van der Waals surface area (Å²) >= 11 is 0. The number of rotatable bonds is 6. The number of nitrogens with two attached hydrogens (primary N) is 1. The Morgan fingerprint density at radius 1 is 1.12 bits per heavy atom. The second-order valence-electron chi connectivity index (χ2n) is 8.52. The van der Waals surface area contributed by atoms with Gasteiger partial charge in [0.2, 0.25) is 11.8 Å². The van der Waals surface area contributed by atoms with Gasteiger partial charge >= 0.3 is 0 Å². The molecular weight excluding hydrogens is 354 g/mol. The smallest absolute Gasteiger partial charge is 0.245 e. The normalized spacial score (nSPS) is 21.6. The van der Waals surface area contributed by atoms with Gasteiger partial charge in [-0.15, -0.1) is 12.4 Å². The van der Waals surface area contributed by atoms with Crippen molar-refractivity contribution < 1.29 is 14.3 Å². The van der Waals surface area contributed by atoms with E-state index >= 15 is 0 Å². The van der Waals surface area contributed by atoms with Gasteiger partial charge in [0, 0.05) is 32.7 Å². The van der Waals surface area contributed by atoms with Crippen LogP contribution in [-0.4, -0.2) is 66.5 Å². The molecule has 0 bridgehead atoms. The Balaban J connectivity index is 0.00000338. The second kappa shape index (κ2) is 10.5. The van der Waals surface area contributed by atoms with Gasteiger partial charge in [0.1, 0.15) is 6.04 Å². The molecule has 0 aromatic rings. The maximum absolute atomic E-state index is 12.9. The van der Waals surface area contributed by atoms with Crippen molar-refractivity contribution in [2.75, 3.05) is 32.8 Å². The molecule has 2 amide bonds. The second-order valence-corrected chi connectivity index (χ2v) is 8.52. The van der Waals surface area contributed by atoms with E-state index < -0.39 is 0 Å². The summed E-state index contributed by atoms with van der Waals surface area (Å²) in [5.74, 6) is 0.239. The van der Waals surface area contributed by atoms with E-state index in [1.54, 1.807) is 0 Å². The monoisotopic (exact) mass is 389 g/mol. The summed E-state index contributed by atoms with van der Waals surface area (Å²) < 4.78 is 5.81. The van der Waals surface area contributed by atoms with E-state index in [4.69, 9.17) is 10.5 Å². The Bertz CT molecular complexity index is 459. The summed E-state index contributed by atoms with van der Waals surface area (Å²) in [4.78, 5) is 29.2. The van der Waals surface area contributed by atoms with Crippen LogP contribution in [0, 0.1) is 5.41 Å². The number of likely N-dealkylation sites (tertiary alicyclic amines) is 2. The van der Waals surface area contributed by atoms with Crippen molar-refractivity contribution in [1.29, 1.82) is 0 Å². The Labute approximate surface area is 164 Å². The van der Waals surface area contributed by atoms with Crippen molar-refractivity contribution in [3.63, 3.8) is 0 Å². The lowest BCUT2D eigenvalue weighted by Crippen LogP contribution is -2.51. The summed E-state index contributed by atoms with van der Waals surface area (Å²) in [6, 6.07) is -0.260. The standard InChI is InChI=1S/C19H35N3O3.ClH/c1-19(2,3)14-17(23)22-10-4-6-16(22)18(24)21-11-7-15(8-12-21)25-13-5-9-20;/h15-16H,4-14,20H2,1-3H3;1H. The molecule has 2 N–H and O–H groups in total. The molecule has 2 fully saturated rings. The van der Waals surface area contributed by atoms with Gasteiger partial charge in [0.25, 0.3) is 0 Å². The zero-order chi connectivity index (χ0) is 18.4. The average molecular weight is 390 g/mol. The number of halogens is 1. The minimum Gasteiger partial charge on any atom is -0.378 e. The minimum absolute atomic E-state index is 0. The van der Waals surface area contributed by atoms with Gasteiger partial charge in [-0.05, 0) is 44.1 Å². The number of carbonyl (C=O) groups excluding carboxylic acids is 2. The first-order valence-electron chi connectivity index (χ1n) is 9.72. The highest BCUT2D eigenvalue weighted by molar-refractivity contribution is 5.88. The van der Waals surface area contributed by atoms with Crippen molar-refractivity contribution >= 4 is 24.2 Å². The highest BCUT2D eigenvalue weighted by Gasteiger charge is 2.38. The van der Waals surface area contributed by atoms with Crippen LogP contribution in [0.3, 0.4) is 0 Å². The van der Waals surface area contributed by atoms with E-state index in [0.717, 1.165) is 45.2 Å². The van der Waals surface area contributed by atoms with Gasteiger partial charge in [0.05, 0.1) is 6.10 Å². The number of hydrogen-bond donors (Lipinski definition) is 1. The van der Waals surface area contributed by atoms with E-state index in [1.807, 2.05) is 9.80 Å². The molecule has 0 spiro atoms. The van der Waals surface area contributed by atoms with Crippen molar-refractivity contribution in [1.82, 2.24) is 9.80 Å². The summed E-state index contributed by atoms with van der Waals surface area (Å²) in [6.45, 7) is 9.70. The largest absolute Gasteiger partial charge is 0.378 e. The lowest BCUT2D eigenvalue weighted by molar-refractivity contribution is -0.146. The maximum Gasteiger partial charge on any atom is 0.245 e. The van der Waals surface area contributed by atoms with Crippen LogP contribution in [0.1, 0.15) is 59.3 Å². The summed E-state index contributed by atoms with van der Waals surface area (Å²) in [5, 5.41) is 0. The van der Waals surface area contributed by atoms with E-state index in [9.17, 15) is 9.59 Å². The molecule has 2 rings (SSSR count). The van der Waals surface area contributed by atoms with Gasteiger partial charge in [-0.1, -0.05) is 20.8 Å². The quantitative estimate of drug-likeness (QED) is 0.706. The molecule has 2 aliphatic rings. The molecule has 2 aliphatic heterocycles. The third-order valence-electron chi connectivity index (χ3n) is 5.00. The number of nitrogens with zero attached hydrogens (tertiary/aromatic N) is 2. The molecule has 0 radical (unpaired) electrons. The Morgan fingerprint density at radius 3 is 2.35 bits per heavy atom. The third kappa shape index (κ3) is 6.71. The Hall–Kier alpha value is -0.850. The minimum atomic E-state index is -0.260. The molecule has 1 unspecified atom stereocenters. The van der Waals surface area contributed by atoms with Crippen molar-refractivity contribution in [2.45, 2.75) is 71.4 Å². The highest BCUT2D eigenvalue weighted by Crippen LogP contribution is 2.26. The molecule has 2 heterocycles. The number of carbonyl (C=O) groups is 2. The molecule has 152 valence electrons. The van der Waals surface area contributed by atoms with E-state index in [-0.39, 0.29) is 41.8 Å². The predicted molar refractivity (Wildman–Crippen MR) is 105 cm³/mol. The van der Waals surface area contributed by atoms with Crippen molar-refractivity contribution in [3.05, 3.63) is 0 Å². The number of hydrogen-bond acceptors (Lipinski definition) is 4. The van der Waals surface area contributed by atoms with Crippen LogP contribution >= 0.6 is 12.4 Å². The number of ether oxygens (including phenoxy) is 1. The SMILES string of the molecule is CC(C)(C)CC(=O)N1CCCC1C(=O)N1CCC(OCCCN)CC1.Cl. The topological polar surface area (TPSA) is 75.9 Å². The molecule has 0 aliphatic carbocycles. The number of amides is 2. The van der Waals surface area contributed by atoms with Crippen LogP contribution in [-0.2, 0) is 14.3 Å². The van der Waals surface area contributed by atoms with Crippen LogP contribution in [0.5, 0.6) is 0 Å². The Kier molecular flexibility index (Phi) is 9.34. The van der Waals surface area contributed by atoms with Crippen LogP contribution in [0.4, 0.5) is 0 Å². The fraction of sp³-hybridized carbons (Fsp3) is 0.895. The van der Waals surface area contributed by atoms with Crippen LogP contribution < -0.4 is 5.73 Å². The first kappa shape index (κ1) is 23.2. The summed E-state index contributed by atoms with van der Waals surface area (Å²) in [6.07, 6.45) is 5.07. The predicted octanol–water partition coefficient (Wildman–Crippen LogP) is 2.19. The van der Waals surface area contributed by atoms with Crippen LogP contribution in [0.2, 0.25) is 0 Å². The van der Waals surface area contributed by atoms with E-state index in [0.29, 0.717) is 26.1 Å². The zero-order valence-electron chi connectivity index (χ0n) is 16.5. The maximum atomic E-state index is 12.9. The zero-order valence-corrected chi connectivity index (χ0v) is 17.4. The van der Waals surface area contributed by atoms with Gasteiger partial charge in [0.15, 0.2) is 0 Å². The molecule has 6 nitrogen and oxygen atoms in total. The summed E-state index contributed by atoms with van der Waals surface area (Å²) in [7, 11) is 0. The molecule has 0 aromatic carbocycles. The van der Waals surface area contributed by atoms with Crippen LogP contribution in [0.15, 0.2) is 0 Å². The van der Waals surface area contributed by atoms with Crippen molar-refractivity contribution in [3.8, 4) is 0 Å². The first-order chi connectivity index (χ1) is 11.8. The fourth-order valence-electron chi connectivity index (χ4n) is 3.66. The number of piperidine rings is 1. The first-order valence-corrected chi connectivity index (χ1v) is 9.72. The van der Waals surface area contributed by atoms with Gasteiger partial charge in [-0.3, -0.25) is 9.59 Å². The highest BCUT2D eigenvalue weighted by atomic mass is 35.5. The van der Waals surface area contributed by atoms with Crippen LogP contribution in [0.25, 0.3) is 0 Å². The summed E-state index contributed by atoms with van der Waals surface area (Å²) in [5.41, 5.74) is 5.44. The molecule has 0 saturated carbocycles. The molecule has 0 aromatic heterocycles. The van der Waals surface area contributed by atoms with Gasteiger partial charge < -0.3 is 20.3 Å². The lowest BCUT2D eigenvalue weighted by Gasteiger charge is -2.36. The molecule has 7 heteroatoms. The molecule has 1 atom stereocenters. The molecule has 2 saturated heterocycles. The van der Waals surface area contributed by atoms with E-state index in [1.165, 1.54) is 0 Å². The van der Waals surface area contributed by atoms with E-state index in [2.05, 4.69) is 20.8 Å². The van der Waals surface area contributed by atoms with Gasteiger partial charge in [-0.25, -0.2) is 0 Å². The molecular formula is C19H36ClN3O3. The Morgan fingerprint density at radius 2 is 1.77 bits per heavy atom. The lowest BCUT2D eigenvalue weighted by atomic mass is 9.91. The molecule has 26 heavy (non-hydrogen) atoms. The van der Waals surface area contributed by atoms with Gasteiger partial charge in [-0.2, -0.15) is 0 Å². The third-order valence-corrected chi connectivity index (χ3v) is 5.00. The average Bonchev–Trinajstić information content (AvgIpc) is 3.03. The van der Waals surface area contributed by atoms with Crippen molar-refractivity contribution in [2.24, 2.45) is 11.1 Å².